The first-order chi connectivity index (χ1) is 7.49. The van der Waals surface area contributed by atoms with Crippen molar-refractivity contribution in [1.82, 2.24) is 4.72 Å². The van der Waals surface area contributed by atoms with Gasteiger partial charge < -0.3 is 4.74 Å². The van der Waals surface area contributed by atoms with Crippen molar-refractivity contribution >= 4 is 15.9 Å². The van der Waals surface area contributed by atoms with Gasteiger partial charge in [-0.2, -0.15) is 0 Å². The normalized spacial score (nSPS) is 10.8. The molecule has 0 aromatic heterocycles. The molecule has 1 N–H and O–H groups in total. The molecule has 0 radical (unpaired) electrons. The van der Waals surface area contributed by atoms with E-state index in [4.69, 9.17) is 4.74 Å². The van der Waals surface area contributed by atoms with Crippen molar-refractivity contribution in [3.8, 4) is 5.75 Å². The van der Waals surface area contributed by atoms with Crippen LogP contribution in [0.5, 0.6) is 5.75 Å². The van der Waals surface area contributed by atoms with Gasteiger partial charge in [-0.1, -0.05) is 18.2 Å². The van der Waals surface area contributed by atoms with Gasteiger partial charge >= 0.3 is 0 Å². The van der Waals surface area contributed by atoms with Crippen molar-refractivity contribution in [3.63, 3.8) is 0 Å². The predicted molar refractivity (Wildman–Crippen MR) is 59.5 cm³/mol. The number of benzene rings is 1. The van der Waals surface area contributed by atoms with Gasteiger partial charge in [-0.05, 0) is 12.1 Å². The minimum atomic E-state index is -3.58. The van der Waals surface area contributed by atoms with Crippen LogP contribution in [0.1, 0.15) is 6.92 Å². The Bertz CT molecular complexity index is 441. The van der Waals surface area contributed by atoms with Crippen LogP contribution in [-0.2, 0) is 14.8 Å². The number of rotatable bonds is 5. The number of amides is 1. The summed E-state index contributed by atoms with van der Waals surface area (Å²) in [6.45, 7) is 1.15. The molecular formula is C10H13NO4S. The van der Waals surface area contributed by atoms with Crippen molar-refractivity contribution in [1.29, 1.82) is 0 Å². The van der Waals surface area contributed by atoms with Gasteiger partial charge in [0.25, 0.3) is 0 Å². The Morgan fingerprint density at radius 1 is 1.31 bits per heavy atom. The lowest BCUT2D eigenvalue weighted by Crippen LogP contribution is -2.32. The van der Waals surface area contributed by atoms with Gasteiger partial charge in [0.05, 0.1) is 0 Å². The van der Waals surface area contributed by atoms with Crippen LogP contribution < -0.4 is 9.46 Å². The van der Waals surface area contributed by atoms with Gasteiger partial charge in [-0.3, -0.25) is 9.52 Å². The first kappa shape index (κ1) is 12.5. The third kappa shape index (κ3) is 4.79. The number of para-hydroxylation sites is 1. The molecular weight excluding hydrogens is 230 g/mol. The van der Waals surface area contributed by atoms with Crippen LogP contribution in [0, 0.1) is 0 Å². The zero-order chi connectivity index (χ0) is 12.0. The molecule has 5 nitrogen and oxygen atoms in total. The Kier molecular flexibility index (Phi) is 4.30. The summed E-state index contributed by atoms with van der Waals surface area (Å²) in [5.41, 5.74) is 0. The van der Waals surface area contributed by atoms with Crippen molar-refractivity contribution in [3.05, 3.63) is 30.3 Å². The molecule has 0 atom stereocenters. The molecule has 0 fully saturated rings. The second-order valence-corrected chi connectivity index (χ2v) is 4.98. The summed E-state index contributed by atoms with van der Waals surface area (Å²) in [4.78, 5) is 10.6. The molecule has 0 saturated carbocycles. The molecule has 0 bridgehead atoms. The fourth-order valence-electron chi connectivity index (χ4n) is 1.06. The highest BCUT2D eigenvalue weighted by atomic mass is 32.2. The van der Waals surface area contributed by atoms with E-state index in [1.54, 1.807) is 24.3 Å². The second kappa shape index (κ2) is 5.50. The number of hydrogen-bond acceptors (Lipinski definition) is 4. The summed E-state index contributed by atoms with van der Waals surface area (Å²) in [7, 11) is -3.58. The average Bonchev–Trinajstić information content (AvgIpc) is 2.16. The largest absolute Gasteiger partial charge is 0.492 e. The molecule has 16 heavy (non-hydrogen) atoms. The summed E-state index contributed by atoms with van der Waals surface area (Å²) < 4.78 is 29.5. The zero-order valence-corrected chi connectivity index (χ0v) is 9.66. The van der Waals surface area contributed by atoms with Crippen LogP contribution in [-0.4, -0.2) is 26.7 Å². The lowest BCUT2D eigenvalue weighted by molar-refractivity contribution is -0.117. The smallest absolute Gasteiger partial charge is 0.238 e. The highest BCUT2D eigenvalue weighted by Gasteiger charge is 2.11. The SMILES string of the molecule is CC(=O)NS(=O)(=O)CCOc1ccccc1. The Morgan fingerprint density at radius 2 is 1.94 bits per heavy atom. The van der Waals surface area contributed by atoms with Crippen LogP contribution in [0.4, 0.5) is 0 Å². The van der Waals surface area contributed by atoms with Gasteiger partial charge in [-0.25, -0.2) is 8.42 Å². The minimum Gasteiger partial charge on any atom is -0.492 e. The maximum Gasteiger partial charge on any atom is 0.238 e. The number of carbonyl (C=O) groups is 1. The van der Waals surface area contributed by atoms with Crippen LogP contribution in [0.25, 0.3) is 0 Å². The Morgan fingerprint density at radius 3 is 2.50 bits per heavy atom. The lowest BCUT2D eigenvalue weighted by Gasteiger charge is -2.06. The quantitative estimate of drug-likeness (QED) is 0.818. The number of hydrogen-bond donors (Lipinski definition) is 1. The molecule has 0 unspecified atom stereocenters. The topological polar surface area (TPSA) is 72.5 Å². The maximum absolute atomic E-state index is 11.2. The third-order valence-corrected chi connectivity index (χ3v) is 2.97. The van der Waals surface area contributed by atoms with Gasteiger partial charge in [-0.15, -0.1) is 0 Å². The highest BCUT2D eigenvalue weighted by Crippen LogP contribution is 2.07. The van der Waals surface area contributed by atoms with E-state index >= 15 is 0 Å². The molecule has 0 aliphatic rings. The van der Waals surface area contributed by atoms with Crippen LogP contribution in [0.15, 0.2) is 30.3 Å². The first-order valence-electron chi connectivity index (χ1n) is 4.68. The number of nitrogens with one attached hydrogen (secondary N) is 1. The summed E-state index contributed by atoms with van der Waals surface area (Å²) in [6, 6.07) is 8.87. The highest BCUT2D eigenvalue weighted by molar-refractivity contribution is 7.90. The zero-order valence-electron chi connectivity index (χ0n) is 8.84. The van der Waals surface area contributed by atoms with Crippen molar-refractivity contribution < 1.29 is 17.9 Å². The summed E-state index contributed by atoms with van der Waals surface area (Å²) in [5, 5.41) is 0. The number of carbonyl (C=O) groups excluding carboxylic acids is 1. The molecule has 1 aromatic carbocycles. The van der Waals surface area contributed by atoms with Crippen molar-refractivity contribution in [2.45, 2.75) is 6.92 Å². The third-order valence-electron chi connectivity index (χ3n) is 1.66. The van der Waals surface area contributed by atoms with E-state index < -0.39 is 15.9 Å². The number of ether oxygens (including phenoxy) is 1. The second-order valence-electron chi connectivity index (χ2n) is 3.14. The van der Waals surface area contributed by atoms with Gasteiger partial charge in [0.2, 0.25) is 15.9 Å². The van der Waals surface area contributed by atoms with E-state index in [1.807, 2.05) is 10.8 Å². The van der Waals surface area contributed by atoms with Crippen molar-refractivity contribution in [2.24, 2.45) is 0 Å². The monoisotopic (exact) mass is 243 g/mol. The molecule has 0 heterocycles. The standard InChI is InChI=1S/C10H13NO4S/c1-9(12)11-16(13,14)8-7-15-10-5-3-2-4-6-10/h2-6H,7-8H2,1H3,(H,11,12). The van der Waals surface area contributed by atoms with Crippen LogP contribution >= 0.6 is 0 Å². The van der Waals surface area contributed by atoms with Gasteiger partial charge in [0.1, 0.15) is 18.1 Å². The predicted octanol–water partition coefficient (Wildman–Crippen LogP) is 0.531. The molecule has 0 aliphatic heterocycles. The molecule has 1 rings (SSSR count). The average molecular weight is 243 g/mol. The minimum absolute atomic E-state index is 0.00657. The number of sulfonamides is 1. The Balaban J connectivity index is 2.39. The Labute approximate surface area is 94.5 Å². The van der Waals surface area contributed by atoms with E-state index in [0.29, 0.717) is 5.75 Å². The van der Waals surface area contributed by atoms with E-state index in [9.17, 15) is 13.2 Å². The maximum atomic E-state index is 11.2. The summed E-state index contributed by atoms with van der Waals surface area (Å²) in [5.74, 6) is -0.248. The van der Waals surface area contributed by atoms with Crippen molar-refractivity contribution in [2.75, 3.05) is 12.4 Å². The molecule has 88 valence electrons. The van der Waals surface area contributed by atoms with Gasteiger partial charge in [0, 0.05) is 6.92 Å². The molecule has 0 aliphatic carbocycles. The van der Waals surface area contributed by atoms with Crippen LogP contribution in [0.2, 0.25) is 0 Å². The lowest BCUT2D eigenvalue weighted by atomic mass is 10.3. The molecule has 1 amide bonds. The fraction of sp³-hybridized carbons (Fsp3) is 0.300. The molecule has 6 heteroatoms. The van der Waals surface area contributed by atoms with E-state index in [2.05, 4.69) is 0 Å². The fourth-order valence-corrected chi connectivity index (χ4v) is 1.90. The Hall–Kier alpha value is -1.56. The van der Waals surface area contributed by atoms with E-state index in [0.717, 1.165) is 6.92 Å². The van der Waals surface area contributed by atoms with E-state index in [1.165, 1.54) is 0 Å². The molecule has 1 aromatic rings. The summed E-state index contributed by atoms with van der Waals surface area (Å²) >= 11 is 0. The van der Waals surface area contributed by atoms with E-state index in [-0.39, 0.29) is 12.4 Å². The van der Waals surface area contributed by atoms with Crippen LogP contribution in [0.3, 0.4) is 0 Å². The first-order valence-corrected chi connectivity index (χ1v) is 6.34. The molecule has 0 spiro atoms. The van der Waals surface area contributed by atoms with Gasteiger partial charge in [0.15, 0.2) is 0 Å². The molecule has 0 saturated heterocycles. The summed E-state index contributed by atoms with van der Waals surface area (Å²) in [6.07, 6.45) is 0.